The van der Waals surface area contributed by atoms with Crippen molar-refractivity contribution in [3.8, 4) is 0 Å². The van der Waals surface area contributed by atoms with E-state index in [4.69, 9.17) is 11.6 Å². The first-order valence-corrected chi connectivity index (χ1v) is 9.31. The zero-order valence-corrected chi connectivity index (χ0v) is 15.8. The second kappa shape index (κ2) is 7.88. The number of hydrogen-bond acceptors (Lipinski definition) is 4. The Balaban J connectivity index is 1.58. The third-order valence-corrected chi connectivity index (χ3v) is 5.29. The molecule has 8 heteroatoms. The van der Waals surface area contributed by atoms with Gasteiger partial charge in [-0.3, -0.25) is 14.4 Å². The molecule has 0 saturated heterocycles. The predicted octanol–water partition coefficient (Wildman–Crippen LogP) is 3.13. The Morgan fingerprint density at radius 3 is 2.73 bits per heavy atom. The molecule has 1 aliphatic heterocycles. The Morgan fingerprint density at radius 2 is 2.00 bits per heavy atom. The number of carbonyl (C=O) groups is 3. The number of hydrogen-bond donors (Lipinski definition) is 1. The predicted molar refractivity (Wildman–Crippen MR) is 102 cm³/mol. The maximum Gasteiger partial charge on any atom is 0.244 e. The van der Waals surface area contributed by atoms with Crippen LogP contribution in [0.1, 0.15) is 17.7 Å². The van der Waals surface area contributed by atoms with Gasteiger partial charge in [-0.1, -0.05) is 23.7 Å². The molecule has 1 aliphatic rings. The van der Waals surface area contributed by atoms with E-state index in [0.29, 0.717) is 22.3 Å². The molecule has 136 valence electrons. The van der Waals surface area contributed by atoms with Crippen LogP contribution in [-0.4, -0.2) is 36.2 Å². The van der Waals surface area contributed by atoms with Crippen LogP contribution in [0.3, 0.4) is 0 Å². The lowest BCUT2D eigenvalue weighted by Crippen LogP contribution is -2.42. The van der Waals surface area contributed by atoms with Crippen molar-refractivity contribution in [2.45, 2.75) is 19.4 Å². The van der Waals surface area contributed by atoms with Gasteiger partial charge in [0.2, 0.25) is 17.7 Å². The van der Waals surface area contributed by atoms with Gasteiger partial charge in [-0.05, 0) is 24.3 Å². The third kappa shape index (κ3) is 4.23. The number of nitrogens with one attached hydrogen (secondary N) is 1. The summed E-state index contributed by atoms with van der Waals surface area (Å²) < 4.78 is 0.679. The van der Waals surface area contributed by atoms with E-state index < -0.39 is 0 Å². The molecule has 1 N–H and O–H groups in total. The fourth-order valence-corrected chi connectivity index (χ4v) is 3.90. The quantitative estimate of drug-likeness (QED) is 0.851. The number of benzene rings is 1. The van der Waals surface area contributed by atoms with E-state index in [1.807, 2.05) is 12.1 Å². The molecule has 0 saturated carbocycles. The molecule has 0 unspecified atom stereocenters. The fraction of sp³-hybridized carbons (Fsp3) is 0.278. The van der Waals surface area contributed by atoms with Gasteiger partial charge < -0.3 is 15.1 Å². The lowest BCUT2D eigenvalue weighted by molar-refractivity contribution is -0.132. The second-order valence-electron chi connectivity index (χ2n) is 6.00. The number of fused-ring (bicyclic) bond motifs is 1. The number of halogens is 1. The van der Waals surface area contributed by atoms with Crippen molar-refractivity contribution in [3.63, 3.8) is 0 Å². The zero-order valence-electron chi connectivity index (χ0n) is 14.2. The number of para-hydroxylation sites is 2. The fourth-order valence-electron chi connectivity index (χ4n) is 2.75. The summed E-state index contributed by atoms with van der Waals surface area (Å²) >= 11 is 7.32. The van der Waals surface area contributed by atoms with Gasteiger partial charge in [-0.2, -0.15) is 0 Å². The topological polar surface area (TPSA) is 69.7 Å². The molecule has 2 heterocycles. The minimum atomic E-state index is -0.242. The van der Waals surface area contributed by atoms with E-state index in [2.05, 4.69) is 5.32 Å². The van der Waals surface area contributed by atoms with Gasteiger partial charge in [0, 0.05) is 24.8 Å². The molecule has 26 heavy (non-hydrogen) atoms. The highest BCUT2D eigenvalue weighted by atomic mass is 35.5. The van der Waals surface area contributed by atoms with E-state index in [0.717, 1.165) is 4.88 Å². The first-order valence-electron chi connectivity index (χ1n) is 8.11. The molecule has 0 atom stereocenters. The summed E-state index contributed by atoms with van der Waals surface area (Å²) in [4.78, 5) is 40.6. The SMILES string of the molecule is CN(Cc1ccc(Cl)s1)C(=O)CCC(=O)N1CC(=O)Nc2ccccc21. The highest BCUT2D eigenvalue weighted by molar-refractivity contribution is 7.16. The summed E-state index contributed by atoms with van der Waals surface area (Å²) in [5, 5.41) is 2.74. The maximum atomic E-state index is 12.6. The van der Waals surface area contributed by atoms with Crippen molar-refractivity contribution < 1.29 is 14.4 Å². The Morgan fingerprint density at radius 1 is 1.23 bits per heavy atom. The number of rotatable bonds is 5. The van der Waals surface area contributed by atoms with Crippen LogP contribution in [0.4, 0.5) is 11.4 Å². The van der Waals surface area contributed by atoms with Crippen LogP contribution in [0.25, 0.3) is 0 Å². The number of amides is 3. The average Bonchev–Trinajstić information content (AvgIpc) is 3.03. The van der Waals surface area contributed by atoms with Gasteiger partial charge in [0.15, 0.2) is 0 Å². The number of anilines is 2. The summed E-state index contributed by atoms with van der Waals surface area (Å²) in [7, 11) is 1.70. The van der Waals surface area contributed by atoms with Crippen molar-refractivity contribution in [2.75, 3.05) is 23.8 Å². The molecule has 1 aromatic carbocycles. The van der Waals surface area contributed by atoms with Crippen LogP contribution in [0.5, 0.6) is 0 Å². The first kappa shape index (κ1) is 18.4. The van der Waals surface area contributed by atoms with Crippen molar-refractivity contribution in [1.82, 2.24) is 4.90 Å². The molecule has 0 aliphatic carbocycles. The van der Waals surface area contributed by atoms with Crippen molar-refractivity contribution in [1.29, 1.82) is 0 Å². The van der Waals surface area contributed by atoms with Crippen LogP contribution in [0.2, 0.25) is 4.34 Å². The van der Waals surface area contributed by atoms with Gasteiger partial charge in [0.05, 0.1) is 22.3 Å². The summed E-state index contributed by atoms with van der Waals surface area (Å²) in [5.41, 5.74) is 1.27. The van der Waals surface area contributed by atoms with E-state index in [9.17, 15) is 14.4 Å². The first-order chi connectivity index (χ1) is 12.4. The van der Waals surface area contributed by atoms with Gasteiger partial charge in [-0.25, -0.2) is 0 Å². The number of carbonyl (C=O) groups excluding carboxylic acids is 3. The molecular formula is C18H18ClN3O3S. The number of thiophene rings is 1. The highest BCUT2D eigenvalue weighted by Crippen LogP contribution is 2.29. The molecule has 0 spiro atoms. The van der Waals surface area contributed by atoms with Gasteiger partial charge in [0.25, 0.3) is 0 Å². The Kier molecular flexibility index (Phi) is 5.58. The van der Waals surface area contributed by atoms with Crippen LogP contribution < -0.4 is 10.2 Å². The highest BCUT2D eigenvalue weighted by Gasteiger charge is 2.26. The maximum absolute atomic E-state index is 12.6. The second-order valence-corrected chi connectivity index (χ2v) is 7.80. The monoisotopic (exact) mass is 391 g/mol. The molecule has 0 bridgehead atoms. The van der Waals surface area contributed by atoms with Crippen molar-refractivity contribution in [3.05, 3.63) is 45.6 Å². The van der Waals surface area contributed by atoms with Crippen LogP contribution in [0, 0.1) is 0 Å². The van der Waals surface area contributed by atoms with Crippen LogP contribution >= 0.6 is 22.9 Å². The zero-order chi connectivity index (χ0) is 18.7. The molecular weight excluding hydrogens is 374 g/mol. The third-order valence-electron chi connectivity index (χ3n) is 4.07. The van der Waals surface area contributed by atoms with E-state index in [1.54, 1.807) is 36.2 Å². The lowest BCUT2D eigenvalue weighted by Gasteiger charge is -2.29. The Hall–Kier alpha value is -2.38. The lowest BCUT2D eigenvalue weighted by atomic mass is 10.1. The summed E-state index contributed by atoms with van der Waals surface area (Å²) in [6.45, 7) is 0.424. The largest absolute Gasteiger partial charge is 0.341 e. The smallest absolute Gasteiger partial charge is 0.244 e. The van der Waals surface area contributed by atoms with Gasteiger partial charge in [0.1, 0.15) is 6.54 Å². The molecule has 2 aromatic rings. The number of nitrogens with zero attached hydrogens (tertiary/aromatic N) is 2. The van der Waals surface area contributed by atoms with Gasteiger partial charge in [-0.15, -0.1) is 11.3 Å². The normalized spacial score (nSPS) is 13.2. The molecule has 0 radical (unpaired) electrons. The van der Waals surface area contributed by atoms with E-state index in [1.165, 1.54) is 16.2 Å². The van der Waals surface area contributed by atoms with Crippen LogP contribution in [0.15, 0.2) is 36.4 Å². The van der Waals surface area contributed by atoms with Crippen molar-refractivity contribution in [2.24, 2.45) is 0 Å². The summed E-state index contributed by atoms with van der Waals surface area (Å²) in [6.07, 6.45) is 0.144. The Labute approximate surface area is 160 Å². The van der Waals surface area contributed by atoms with Crippen LogP contribution in [-0.2, 0) is 20.9 Å². The minimum Gasteiger partial charge on any atom is -0.341 e. The molecule has 3 rings (SSSR count). The van der Waals surface area contributed by atoms with E-state index in [-0.39, 0.29) is 37.1 Å². The average molecular weight is 392 g/mol. The molecule has 3 amide bonds. The summed E-state index contributed by atoms with van der Waals surface area (Å²) in [5.74, 6) is -0.610. The standard InChI is InChI=1S/C18H18ClN3O3S/c1-21(10-12-6-7-15(19)26-12)17(24)8-9-18(25)22-11-16(23)20-13-4-2-3-5-14(13)22/h2-7H,8-11H2,1H3,(H,20,23). The molecule has 6 nitrogen and oxygen atoms in total. The van der Waals surface area contributed by atoms with E-state index >= 15 is 0 Å². The Bertz CT molecular complexity index is 852. The van der Waals surface area contributed by atoms with Crippen molar-refractivity contribution >= 4 is 52.0 Å². The minimum absolute atomic E-state index is 0.0342. The summed E-state index contributed by atoms with van der Waals surface area (Å²) in [6, 6.07) is 10.8. The molecule has 1 aromatic heterocycles. The molecule has 0 fully saturated rings. The van der Waals surface area contributed by atoms with Gasteiger partial charge >= 0.3 is 0 Å².